The molecule has 0 aliphatic carbocycles. The number of hydrogen-bond acceptors (Lipinski definition) is 4. The Morgan fingerprint density at radius 1 is 1.25 bits per heavy atom. The highest BCUT2D eigenvalue weighted by atomic mass is 79.9. The third-order valence-corrected chi connectivity index (χ3v) is 5.52. The lowest BCUT2D eigenvalue weighted by atomic mass is 10.2. The summed E-state index contributed by atoms with van der Waals surface area (Å²) in [6, 6.07) is 5.98. The first kappa shape index (κ1) is 13.9. The fourth-order valence-electron chi connectivity index (χ4n) is 2.42. The maximum atomic E-state index is 5.91. The molecule has 1 aliphatic heterocycles. The predicted molar refractivity (Wildman–Crippen MR) is 85.7 cm³/mol. The zero-order valence-corrected chi connectivity index (χ0v) is 13.6. The molecule has 0 bridgehead atoms. The fraction of sp³-hybridized carbons (Fsp3) is 0.429. The van der Waals surface area contributed by atoms with E-state index < -0.39 is 0 Å². The van der Waals surface area contributed by atoms with Gasteiger partial charge in [-0.3, -0.25) is 0 Å². The van der Waals surface area contributed by atoms with Crippen LogP contribution in [0.1, 0.15) is 30.7 Å². The van der Waals surface area contributed by atoms with Crippen LogP contribution < -0.4 is 5.73 Å². The Hall–Kier alpha value is -1.01. The number of nitrogens with zero attached hydrogens (tertiary/aromatic N) is 3. The van der Waals surface area contributed by atoms with Gasteiger partial charge in [0, 0.05) is 28.9 Å². The molecule has 6 heteroatoms. The van der Waals surface area contributed by atoms with Crippen LogP contribution >= 0.6 is 27.7 Å². The van der Waals surface area contributed by atoms with Gasteiger partial charge in [-0.1, -0.05) is 30.3 Å². The van der Waals surface area contributed by atoms with Crippen LogP contribution in [0.25, 0.3) is 0 Å². The van der Waals surface area contributed by atoms with Crippen molar-refractivity contribution in [3.63, 3.8) is 0 Å². The van der Waals surface area contributed by atoms with Crippen LogP contribution in [0.4, 0.5) is 5.69 Å². The normalized spacial score (nSPS) is 14.8. The van der Waals surface area contributed by atoms with Gasteiger partial charge in [-0.2, -0.15) is 0 Å². The lowest BCUT2D eigenvalue weighted by Gasteiger charge is -2.08. The highest BCUT2D eigenvalue weighted by Crippen LogP contribution is 2.30. The van der Waals surface area contributed by atoms with Gasteiger partial charge in [0.2, 0.25) is 0 Å². The van der Waals surface area contributed by atoms with Gasteiger partial charge in [0.15, 0.2) is 5.16 Å². The summed E-state index contributed by atoms with van der Waals surface area (Å²) in [5.41, 5.74) is 7.89. The summed E-state index contributed by atoms with van der Waals surface area (Å²) in [6.45, 7) is 1.04. The molecule has 1 aliphatic rings. The first-order valence-corrected chi connectivity index (χ1v) is 8.61. The SMILES string of the molecule is Nc1cccc(CSc2nnc3n2CCCCC3)c1Br. The van der Waals surface area contributed by atoms with E-state index >= 15 is 0 Å². The van der Waals surface area contributed by atoms with E-state index in [2.05, 4.69) is 36.8 Å². The Bertz CT molecular complexity index is 611. The monoisotopic (exact) mass is 352 g/mol. The Balaban J connectivity index is 1.76. The van der Waals surface area contributed by atoms with Crippen molar-refractivity contribution < 1.29 is 0 Å². The molecular weight excluding hydrogens is 336 g/mol. The first-order valence-electron chi connectivity index (χ1n) is 6.83. The minimum Gasteiger partial charge on any atom is -0.398 e. The smallest absolute Gasteiger partial charge is 0.191 e. The van der Waals surface area contributed by atoms with E-state index in [1.54, 1.807) is 11.8 Å². The molecule has 2 aromatic rings. The van der Waals surface area contributed by atoms with Crippen molar-refractivity contribution in [2.75, 3.05) is 5.73 Å². The van der Waals surface area contributed by atoms with Gasteiger partial charge in [0.25, 0.3) is 0 Å². The van der Waals surface area contributed by atoms with Crippen LogP contribution in [0, 0.1) is 0 Å². The molecule has 1 aromatic carbocycles. The number of nitrogens with two attached hydrogens (primary N) is 1. The molecule has 0 amide bonds. The molecule has 0 fully saturated rings. The van der Waals surface area contributed by atoms with E-state index in [4.69, 9.17) is 5.73 Å². The lowest BCUT2D eigenvalue weighted by molar-refractivity contribution is 0.591. The Morgan fingerprint density at radius 2 is 2.15 bits per heavy atom. The van der Waals surface area contributed by atoms with E-state index in [0.717, 1.165) is 39.9 Å². The summed E-state index contributed by atoms with van der Waals surface area (Å²) in [5.74, 6) is 1.99. The molecule has 0 saturated heterocycles. The Labute approximate surface area is 131 Å². The molecule has 2 heterocycles. The van der Waals surface area contributed by atoms with E-state index in [1.165, 1.54) is 24.8 Å². The van der Waals surface area contributed by atoms with Gasteiger partial charge >= 0.3 is 0 Å². The van der Waals surface area contributed by atoms with Gasteiger partial charge in [0.1, 0.15) is 5.82 Å². The maximum Gasteiger partial charge on any atom is 0.191 e. The van der Waals surface area contributed by atoms with Crippen molar-refractivity contribution in [2.45, 2.75) is 43.1 Å². The summed E-state index contributed by atoms with van der Waals surface area (Å²) >= 11 is 5.28. The number of fused-ring (bicyclic) bond motifs is 1. The number of aromatic nitrogens is 3. The summed E-state index contributed by atoms with van der Waals surface area (Å²) < 4.78 is 3.26. The highest BCUT2D eigenvalue weighted by molar-refractivity contribution is 9.10. The molecule has 106 valence electrons. The van der Waals surface area contributed by atoms with Crippen LogP contribution in [0.2, 0.25) is 0 Å². The van der Waals surface area contributed by atoms with Gasteiger partial charge in [-0.25, -0.2) is 0 Å². The van der Waals surface area contributed by atoms with Crippen LogP contribution in [-0.2, 0) is 18.7 Å². The van der Waals surface area contributed by atoms with Gasteiger partial charge < -0.3 is 10.3 Å². The first-order chi connectivity index (χ1) is 9.75. The average Bonchev–Trinajstić information content (AvgIpc) is 2.68. The number of benzene rings is 1. The second-order valence-corrected chi connectivity index (χ2v) is 6.71. The molecular formula is C14H17BrN4S. The number of hydrogen-bond donors (Lipinski definition) is 1. The van der Waals surface area contributed by atoms with Crippen molar-refractivity contribution >= 4 is 33.4 Å². The second-order valence-electron chi connectivity index (χ2n) is 4.97. The second kappa shape index (κ2) is 6.18. The largest absolute Gasteiger partial charge is 0.398 e. The van der Waals surface area contributed by atoms with E-state index in [9.17, 15) is 0 Å². The summed E-state index contributed by atoms with van der Waals surface area (Å²) in [5, 5.41) is 9.68. The van der Waals surface area contributed by atoms with Crippen molar-refractivity contribution in [2.24, 2.45) is 0 Å². The van der Waals surface area contributed by atoms with Crippen molar-refractivity contribution in [1.29, 1.82) is 0 Å². The number of thioether (sulfide) groups is 1. The van der Waals surface area contributed by atoms with Gasteiger partial charge in [0.05, 0.1) is 0 Å². The third kappa shape index (κ3) is 2.86. The molecule has 0 spiro atoms. The number of aryl methyl sites for hydroxylation is 1. The third-order valence-electron chi connectivity index (χ3n) is 3.54. The average molecular weight is 353 g/mol. The van der Waals surface area contributed by atoms with Crippen molar-refractivity contribution in [3.05, 3.63) is 34.1 Å². The summed E-state index contributed by atoms with van der Waals surface area (Å²) in [7, 11) is 0. The molecule has 0 saturated carbocycles. The number of halogens is 1. The zero-order valence-electron chi connectivity index (χ0n) is 11.2. The minimum absolute atomic E-state index is 0.781. The molecule has 20 heavy (non-hydrogen) atoms. The van der Waals surface area contributed by atoms with Gasteiger partial charge in [-0.15, -0.1) is 10.2 Å². The Kier molecular flexibility index (Phi) is 4.31. The number of rotatable bonds is 3. The van der Waals surface area contributed by atoms with Crippen LogP contribution in [0.3, 0.4) is 0 Å². The summed E-state index contributed by atoms with van der Waals surface area (Å²) in [6.07, 6.45) is 4.79. The topological polar surface area (TPSA) is 56.7 Å². The van der Waals surface area contributed by atoms with Crippen LogP contribution in [0.5, 0.6) is 0 Å². The molecule has 0 atom stereocenters. The van der Waals surface area contributed by atoms with Gasteiger partial charge in [-0.05, 0) is 40.4 Å². The Morgan fingerprint density at radius 3 is 3.05 bits per heavy atom. The van der Waals surface area contributed by atoms with E-state index in [-0.39, 0.29) is 0 Å². The predicted octanol–water partition coefficient (Wildman–Crippen LogP) is 3.64. The summed E-state index contributed by atoms with van der Waals surface area (Å²) in [4.78, 5) is 0. The molecule has 1 aromatic heterocycles. The minimum atomic E-state index is 0.781. The standard InChI is InChI=1S/C14H17BrN4S/c15-13-10(5-4-6-11(13)16)9-20-14-18-17-12-7-2-1-3-8-19(12)14/h4-6H,1-3,7-9,16H2. The van der Waals surface area contributed by atoms with Crippen molar-refractivity contribution in [3.8, 4) is 0 Å². The van der Waals surface area contributed by atoms with E-state index in [0.29, 0.717) is 0 Å². The number of nitrogen functional groups attached to an aromatic ring is 1. The number of anilines is 1. The molecule has 2 N–H and O–H groups in total. The van der Waals surface area contributed by atoms with Crippen LogP contribution in [0.15, 0.2) is 27.8 Å². The maximum absolute atomic E-state index is 5.91. The molecule has 0 radical (unpaired) electrons. The van der Waals surface area contributed by atoms with Crippen molar-refractivity contribution in [1.82, 2.24) is 14.8 Å². The molecule has 3 rings (SSSR count). The molecule has 4 nitrogen and oxygen atoms in total. The zero-order chi connectivity index (χ0) is 13.9. The van der Waals surface area contributed by atoms with Crippen LogP contribution in [-0.4, -0.2) is 14.8 Å². The quantitative estimate of drug-likeness (QED) is 0.676. The molecule has 0 unspecified atom stereocenters. The van der Waals surface area contributed by atoms with E-state index in [1.807, 2.05) is 12.1 Å². The fourth-order valence-corrected chi connectivity index (χ4v) is 3.98. The highest BCUT2D eigenvalue weighted by Gasteiger charge is 2.15. The lowest BCUT2D eigenvalue weighted by Crippen LogP contribution is -2.02.